The average Bonchev–Trinajstić information content (AvgIpc) is 2.93. The van der Waals surface area contributed by atoms with Gasteiger partial charge in [-0.25, -0.2) is 4.39 Å². The summed E-state index contributed by atoms with van der Waals surface area (Å²) in [7, 11) is 0. The Balaban J connectivity index is 2.44. The van der Waals surface area contributed by atoms with E-state index in [0.29, 0.717) is 32.1 Å². The van der Waals surface area contributed by atoms with E-state index in [1.807, 2.05) is 19.1 Å². The highest BCUT2D eigenvalue weighted by molar-refractivity contribution is 5.83. The molecular weight excluding hydrogens is 323 g/mol. The van der Waals surface area contributed by atoms with Gasteiger partial charge in [0.2, 0.25) is 0 Å². The number of ketones is 1. The first kappa shape index (κ1) is 21.6. The fraction of sp³-hybridized carbons (Fsp3) is 0.700. The summed E-state index contributed by atoms with van der Waals surface area (Å²) in [6.07, 6.45) is 10.1. The van der Waals surface area contributed by atoms with E-state index in [0.717, 1.165) is 19.3 Å². The van der Waals surface area contributed by atoms with Crippen LogP contribution in [0.1, 0.15) is 64.7 Å². The molecule has 4 nitrogen and oxygen atoms in total. The number of unbranched alkanes of at least 4 members (excludes halogenated alkanes) is 2. The van der Waals surface area contributed by atoms with Gasteiger partial charge in [0.15, 0.2) is 0 Å². The smallest absolute Gasteiger partial charge is 0.303 e. The van der Waals surface area contributed by atoms with E-state index >= 15 is 0 Å². The van der Waals surface area contributed by atoms with Gasteiger partial charge in [0.05, 0.1) is 0 Å². The lowest BCUT2D eigenvalue weighted by atomic mass is 9.91. The molecule has 1 aliphatic carbocycles. The number of aliphatic carboxylic acids is 1. The van der Waals surface area contributed by atoms with Crippen LogP contribution >= 0.6 is 0 Å². The second-order valence-electron chi connectivity index (χ2n) is 6.80. The molecule has 0 aliphatic heterocycles. The molecule has 1 fully saturated rings. The third-order valence-electron chi connectivity index (χ3n) is 4.73. The van der Waals surface area contributed by atoms with E-state index in [-0.39, 0.29) is 24.0 Å². The number of carbonyl (C=O) groups excluding carboxylic acids is 1. The molecule has 0 heterocycles. The van der Waals surface area contributed by atoms with Crippen molar-refractivity contribution in [3.8, 4) is 0 Å². The Hall–Kier alpha value is -1.49. The van der Waals surface area contributed by atoms with Crippen molar-refractivity contribution < 1.29 is 24.2 Å². The monoisotopic (exact) mass is 354 g/mol. The molecule has 2 N–H and O–H groups in total. The summed E-state index contributed by atoms with van der Waals surface area (Å²) in [6, 6.07) is 0. The largest absolute Gasteiger partial charge is 0.481 e. The lowest BCUT2D eigenvalue weighted by Crippen LogP contribution is -2.20. The van der Waals surface area contributed by atoms with Crippen LogP contribution in [0.15, 0.2) is 24.3 Å². The molecule has 1 aliphatic rings. The van der Waals surface area contributed by atoms with Gasteiger partial charge in [0.1, 0.15) is 18.1 Å². The van der Waals surface area contributed by atoms with Gasteiger partial charge in [-0.3, -0.25) is 9.59 Å². The molecule has 0 bridgehead atoms. The molecule has 25 heavy (non-hydrogen) atoms. The van der Waals surface area contributed by atoms with Crippen LogP contribution in [0.4, 0.5) is 4.39 Å². The van der Waals surface area contributed by atoms with Crippen molar-refractivity contribution in [3.05, 3.63) is 24.3 Å². The number of allylic oxidation sites excluding steroid dienone is 3. The van der Waals surface area contributed by atoms with Gasteiger partial charge in [-0.15, -0.1) is 0 Å². The van der Waals surface area contributed by atoms with E-state index in [1.165, 1.54) is 6.08 Å². The average molecular weight is 354 g/mol. The SMILES string of the molecule is CCCC[C@@H](F)[C@H](O)/C=C/[C@H]1CCC(=O)[C@@H]1C/C=C\CCCC(=O)O. The summed E-state index contributed by atoms with van der Waals surface area (Å²) in [5.74, 6) is -0.660. The molecule has 142 valence electrons. The summed E-state index contributed by atoms with van der Waals surface area (Å²) < 4.78 is 13.8. The summed E-state index contributed by atoms with van der Waals surface area (Å²) in [5, 5.41) is 18.4. The molecule has 0 amide bonds. The maximum absolute atomic E-state index is 13.8. The molecule has 0 aromatic carbocycles. The Morgan fingerprint density at radius 2 is 2.12 bits per heavy atom. The number of aliphatic hydroxyl groups excluding tert-OH is 1. The molecule has 0 saturated heterocycles. The summed E-state index contributed by atoms with van der Waals surface area (Å²) >= 11 is 0. The zero-order chi connectivity index (χ0) is 18.7. The van der Waals surface area contributed by atoms with Crippen LogP contribution in [0.25, 0.3) is 0 Å². The maximum Gasteiger partial charge on any atom is 0.303 e. The van der Waals surface area contributed by atoms with Crippen LogP contribution in [0.3, 0.4) is 0 Å². The minimum Gasteiger partial charge on any atom is -0.481 e. The van der Waals surface area contributed by atoms with E-state index in [9.17, 15) is 19.1 Å². The number of halogens is 1. The highest BCUT2D eigenvalue weighted by Gasteiger charge is 2.32. The van der Waals surface area contributed by atoms with Gasteiger partial charge in [0.25, 0.3) is 0 Å². The van der Waals surface area contributed by atoms with Crippen LogP contribution in [0.2, 0.25) is 0 Å². The lowest BCUT2D eigenvalue weighted by molar-refractivity contribution is -0.137. The zero-order valence-corrected chi connectivity index (χ0v) is 15.1. The Kier molecular flexibility index (Phi) is 10.3. The van der Waals surface area contributed by atoms with Gasteiger partial charge < -0.3 is 10.2 Å². The topological polar surface area (TPSA) is 74.6 Å². The number of carboxylic acid groups (broad SMARTS) is 1. The van der Waals surface area contributed by atoms with Crippen molar-refractivity contribution in [1.29, 1.82) is 0 Å². The van der Waals surface area contributed by atoms with Crippen molar-refractivity contribution in [2.24, 2.45) is 11.8 Å². The predicted octanol–water partition coefficient (Wildman–Crippen LogP) is 4.23. The first-order valence-corrected chi connectivity index (χ1v) is 9.35. The van der Waals surface area contributed by atoms with Crippen molar-refractivity contribution in [2.45, 2.75) is 77.0 Å². The van der Waals surface area contributed by atoms with Crippen LogP contribution in [0, 0.1) is 11.8 Å². The Morgan fingerprint density at radius 1 is 1.36 bits per heavy atom. The minimum atomic E-state index is -1.25. The van der Waals surface area contributed by atoms with E-state index in [1.54, 1.807) is 6.08 Å². The van der Waals surface area contributed by atoms with E-state index in [4.69, 9.17) is 5.11 Å². The first-order valence-electron chi connectivity index (χ1n) is 9.35. The first-order chi connectivity index (χ1) is 12.0. The number of hydrogen-bond acceptors (Lipinski definition) is 3. The molecule has 0 aromatic heterocycles. The van der Waals surface area contributed by atoms with Crippen LogP contribution in [0.5, 0.6) is 0 Å². The lowest BCUT2D eigenvalue weighted by Gasteiger charge is -2.15. The summed E-state index contributed by atoms with van der Waals surface area (Å²) in [4.78, 5) is 22.5. The quantitative estimate of drug-likeness (QED) is 0.406. The number of carboxylic acids is 1. The predicted molar refractivity (Wildman–Crippen MR) is 96.0 cm³/mol. The third-order valence-corrected chi connectivity index (χ3v) is 4.73. The van der Waals surface area contributed by atoms with Crippen molar-refractivity contribution in [1.82, 2.24) is 0 Å². The number of alkyl halides is 1. The molecule has 1 saturated carbocycles. The van der Waals surface area contributed by atoms with Crippen LogP contribution < -0.4 is 0 Å². The van der Waals surface area contributed by atoms with E-state index in [2.05, 4.69) is 0 Å². The second-order valence-corrected chi connectivity index (χ2v) is 6.80. The third kappa shape index (κ3) is 8.43. The molecule has 5 heteroatoms. The van der Waals surface area contributed by atoms with Gasteiger partial charge in [0, 0.05) is 18.8 Å². The molecule has 1 rings (SSSR count). The zero-order valence-electron chi connectivity index (χ0n) is 15.1. The van der Waals surface area contributed by atoms with Gasteiger partial charge >= 0.3 is 5.97 Å². The highest BCUT2D eigenvalue weighted by atomic mass is 19.1. The number of Topliss-reactive ketones (excluding diaryl/α,β-unsaturated/α-hetero) is 1. The highest BCUT2D eigenvalue weighted by Crippen LogP contribution is 2.33. The minimum absolute atomic E-state index is 0.0456. The number of rotatable bonds is 12. The molecule has 4 atom stereocenters. The fourth-order valence-electron chi connectivity index (χ4n) is 3.15. The Labute approximate surface area is 149 Å². The summed E-state index contributed by atoms with van der Waals surface area (Å²) in [5.41, 5.74) is 0. The van der Waals surface area contributed by atoms with Crippen molar-refractivity contribution in [3.63, 3.8) is 0 Å². The van der Waals surface area contributed by atoms with Crippen molar-refractivity contribution >= 4 is 11.8 Å². The fourth-order valence-corrected chi connectivity index (χ4v) is 3.15. The molecular formula is C20H31FO4. The Bertz CT molecular complexity index is 472. The molecule has 0 radical (unpaired) electrons. The standard InChI is InChI=1S/C20H31FO4/c1-2-3-9-17(21)19(23)14-12-15-11-13-18(22)16(15)8-6-4-5-7-10-20(24)25/h4,6,12,14-17,19,23H,2-3,5,7-11,13H2,1H3,(H,24,25)/b6-4-,14-12+/t15-,16-,17-,19-/m1/s1. The van der Waals surface area contributed by atoms with Crippen molar-refractivity contribution in [2.75, 3.05) is 0 Å². The second kappa shape index (κ2) is 12.0. The molecule has 0 unspecified atom stereocenters. The van der Waals surface area contributed by atoms with Crippen LogP contribution in [-0.2, 0) is 9.59 Å². The number of hydrogen-bond donors (Lipinski definition) is 2. The molecule has 0 spiro atoms. The molecule has 0 aromatic rings. The van der Waals surface area contributed by atoms with Crippen LogP contribution in [-0.4, -0.2) is 34.2 Å². The normalized spacial score (nSPS) is 23.6. The maximum atomic E-state index is 13.8. The van der Waals surface area contributed by atoms with Gasteiger partial charge in [-0.2, -0.15) is 0 Å². The van der Waals surface area contributed by atoms with Gasteiger partial charge in [-0.05, 0) is 38.0 Å². The summed E-state index contributed by atoms with van der Waals surface area (Å²) in [6.45, 7) is 1.98. The Morgan fingerprint density at radius 3 is 2.80 bits per heavy atom. The van der Waals surface area contributed by atoms with E-state index < -0.39 is 18.2 Å². The van der Waals surface area contributed by atoms with Gasteiger partial charge in [-0.1, -0.05) is 44.1 Å². The number of carbonyl (C=O) groups is 2. The number of aliphatic hydroxyl groups is 1.